The summed E-state index contributed by atoms with van der Waals surface area (Å²) in [6, 6.07) is 10.5. The van der Waals surface area contributed by atoms with Gasteiger partial charge in [-0.2, -0.15) is 0 Å². The van der Waals surface area contributed by atoms with E-state index in [9.17, 15) is 9.90 Å². The first-order chi connectivity index (χ1) is 10.7. The molecule has 0 aliphatic heterocycles. The van der Waals surface area contributed by atoms with Crippen molar-refractivity contribution in [3.05, 3.63) is 51.6 Å². The van der Waals surface area contributed by atoms with Crippen LogP contribution in [0.25, 0.3) is 0 Å². The molecule has 2 aromatic rings. The van der Waals surface area contributed by atoms with E-state index in [1.165, 1.54) is 12.1 Å². The third kappa shape index (κ3) is 5.58. The normalized spacial score (nSPS) is 12.2. The fraction of sp³-hybridized carbons (Fsp3) is 0.133. The van der Waals surface area contributed by atoms with E-state index in [0.717, 1.165) is 9.13 Å². The van der Waals surface area contributed by atoms with E-state index in [-0.39, 0.29) is 35.3 Å². The first kappa shape index (κ1) is 22.7. The number of benzene rings is 2. The van der Waals surface area contributed by atoms with Gasteiger partial charge in [-0.15, -0.1) is 5.75 Å². The van der Waals surface area contributed by atoms with E-state index in [1.807, 2.05) is 51.2 Å². The molecule has 24 heavy (non-hydrogen) atoms. The van der Waals surface area contributed by atoms with Crippen LogP contribution < -0.4 is 45.1 Å². The Hall–Kier alpha value is 0.660. The van der Waals surface area contributed by atoms with Crippen LogP contribution in [0.5, 0.6) is 17.2 Å². The molecule has 0 aliphatic rings. The van der Waals surface area contributed by atoms with E-state index >= 15 is 0 Å². The SMILES string of the molecule is N[C@H](C(=O)O)C(I)(I)c1ccc(Oc2ccc([O-])cc2)c(I)c1.[Na+]. The van der Waals surface area contributed by atoms with Crippen LogP contribution in [0.3, 0.4) is 0 Å². The number of nitrogens with two attached hydrogens (primary N) is 1. The van der Waals surface area contributed by atoms with Gasteiger partial charge in [-0.05, 0) is 52.4 Å². The summed E-state index contributed by atoms with van der Waals surface area (Å²) >= 11 is 6.20. The second-order valence-corrected chi connectivity index (χ2v) is 11.3. The Morgan fingerprint density at radius 2 is 1.79 bits per heavy atom. The van der Waals surface area contributed by atoms with Gasteiger partial charge < -0.3 is 20.7 Å². The minimum absolute atomic E-state index is 0. The molecule has 1 atom stereocenters. The molecule has 0 unspecified atom stereocenters. The van der Waals surface area contributed by atoms with Crippen molar-refractivity contribution < 1.29 is 49.3 Å². The van der Waals surface area contributed by atoms with Gasteiger partial charge >= 0.3 is 35.5 Å². The summed E-state index contributed by atoms with van der Waals surface area (Å²) in [5, 5.41) is 20.2. The number of hydrogen-bond acceptors (Lipinski definition) is 4. The van der Waals surface area contributed by atoms with E-state index in [4.69, 9.17) is 15.6 Å². The quantitative estimate of drug-likeness (QED) is 0.276. The van der Waals surface area contributed by atoms with Crippen molar-refractivity contribution in [2.45, 2.75) is 7.47 Å². The average Bonchev–Trinajstić information content (AvgIpc) is 2.50. The molecular weight excluding hydrogens is 662 g/mol. The number of ether oxygens (including phenoxy) is 1. The number of hydrogen-bond donors (Lipinski definition) is 2. The Balaban J connectivity index is 0.00000288. The molecule has 2 rings (SSSR count). The molecule has 0 heterocycles. The standard InChI is InChI=1S/C15H12I3NO4.Na/c16-11-7-8(15(17,18)13(19)14(21)22)1-6-12(11)23-10-4-2-9(20)3-5-10;/h1-7,13,20H,19H2,(H,21,22);/q;+1/p-1/t13-;/m1./s1. The zero-order valence-corrected chi connectivity index (χ0v) is 21.0. The zero-order chi connectivity index (χ0) is 17.2. The van der Waals surface area contributed by atoms with Crippen LogP contribution in [0.4, 0.5) is 0 Å². The molecular formula is C15H11I3NNaO4. The molecule has 0 amide bonds. The molecule has 0 saturated carbocycles. The van der Waals surface area contributed by atoms with E-state index in [0.29, 0.717) is 11.5 Å². The first-order valence-corrected chi connectivity index (χ1v) is 9.56. The van der Waals surface area contributed by atoms with Gasteiger partial charge in [0.1, 0.15) is 19.0 Å². The summed E-state index contributed by atoms with van der Waals surface area (Å²) in [6.07, 6.45) is 0. The number of carboxylic acids is 1. The van der Waals surface area contributed by atoms with Gasteiger partial charge in [-0.1, -0.05) is 63.4 Å². The van der Waals surface area contributed by atoms with Crippen LogP contribution in [-0.4, -0.2) is 17.1 Å². The Labute approximate surface area is 202 Å². The van der Waals surface area contributed by atoms with Crippen LogP contribution in [0, 0.1) is 3.57 Å². The molecule has 3 N–H and O–H groups in total. The van der Waals surface area contributed by atoms with Crippen molar-refractivity contribution in [1.82, 2.24) is 0 Å². The maximum absolute atomic E-state index is 11.2. The fourth-order valence-electron chi connectivity index (χ4n) is 1.76. The number of alkyl halides is 2. The average molecular weight is 673 g/mol. The smallest absolute Gasteiger partial charge is 0.872 e. The van der Waals surface area contributed by atoms with Crippen molar-refractivity contribution >= 4 is 73.7 Å². The van der Waals surface area contributed by atoms with Gasteiger partial charge in [-0.25, -0.2) is 0 Å². The third-order valence-corrected chi connectivity index (χ3v) is 6.46. The summed E-state index contributed by atoms with van der Waals surface area (Å²) in [4.78, 5) is 11.2. The maximum atomic E-state index is 11.2. The van der Waals surface area contributed by atoms with Crippen LogP contribution in [0.1, 0.15) is 5.56 Å². The maximum Gasteiger partial charge on any atom is 1.00 e. The van der Waals surface area contributed by atoms with Gasteiger partial charge in [0.2, 0.25) is 0 Å². The van der Waals surface area contributed by atoms with Crippen molar-refractivity contribution in [1.29, 1.82) is 0 Å². The summed E-state index contributed by atoms with van der Waals surface area (Å²) in [5.41, 5.74) is 6.57. The second-order valence-electron chi connectivity index (χ2n) is 4.66. The van der Waals surface area contributed by atoms with Gasteiger partial charge in [0.05, 0.1) is 3.57 Å². The number of halogens is 3. The molecule has 5 nitrogen and oxygen atoms in total. The largest absolute Gasteiger partial charge is 1.00 e. The monoisotopic (exact) mass is 673 g/mol. The summed E-state index contributed by atoms with van der Waals surface area (Å²) in [6.45, 7) is 0. The molecule has 0 aliphatic carbocycles. The Bertz CT molecular complexity index is 725. The zero-order valence-electron chi connectivity index (χ0n) is 12.5. The fourth-order valence-corrected chi connectivity index (χ4v) is 3.59. The van der Waals surface area contributed by atoms with Crippen molar-refractivity contribution in [3.63, 3.8) is 0 Å². The van der Waals surface area contributed by atoms with Crippen LogP contribution in [0.15, 0.2) is 42.5 Å². The minimum atomic E-state index is -1.05. The third-order valence-electron chi connectivity index (χ3n) is 3.02. The number of carboxylic acid groups (broad SMARTS) is 1. The Morgan fingerprint density at radius 1 is 1.21 bits per heavy atom. The minimum Gasteiger partial charge on any atom is -0.872 e. The van der Waals surface area contributed by atoms with Crippen molar-refractivity contribution in [3.8, 4) is 17.2 Å². The van der Waals surface area contributed by atoms with E-state index in [2.05, 4.69) is 22.6 Å². The predicted molar refractivity (Wildman–Crippen MR) is 110 cm³/mol. The van der Waals surface area contributed by atoms with Crippen LogP contribution >= 0.6 is 67.8 Å². The summed E-state index contributed by atoms with van der Waals surface area (Å²) in [7, 11) is 0. The summed E-state index contributed by atoms with van der Waals surface area (Å²) in [5.74, 6) is 0.0553. The first-order valence-electron chi connectivity index (χ1n) is 6.33. The topological polar surface area (TPSA) is 95.6 Å². The van der Waals surface area contributed by atoms with Gasteiger partial charge in [0.25, 0.3) is 0 Å². The van der Waals surface area contributed by atoms with E-state index < -0.39 is 13.4 Å². The predicted octanol–water partition coefficient (Wildman–Crippen LogP) is 0.596. The molecule has 2 aromatic carbocycles. The van der Waals surface area contributed by atoms with E-state index in [1.54, 1.807) is 24.3 Å². The molecule has 0 fully saturated rings. The van der Waals surface area contributed by atoms with Gasteiger partial charge in [0, 0.05) is 0 Å². The van der Waals surface area contributed by atoms with Crippen molar-refractivity contribution in [2.24, 2.45) is 5.73 Å². The Kier molecular flexibility index (Phi) is 9.04. The number of aliphatic carboxylic acids is 1. The van der Waals surface area contributed by atoms with Crippen LogP contribution in [0.2, 0.25) is 0 Å². The molecule has 0 bridgehead atoms. The van der Waals surface area contributed by atoms with Gasteiger partial charge in [0.15, 0.2) is 0 Å². The number of rotatable bonds is 5. The molecule has 0 saturated heterocycles. The van der Waals surface area contributed by atoms with Gasteiger partial charge in [-0.3, -0.25) is 4.79 Å². The Morgan fingerprint density at radius 3 is 2.29 bits per heavy atom. The molecule has 9 heteroatoms. The molecule has 0 aromatic heterocycles. The summed E-state index contributed by atoms with van der Waals surface area (Å²) < 4.78 is 5.79. The molecule has 0 spiro atoms. The number of carbonyl (C=O) groups is 1. The molecule has 122 valence electrons. The van der Waals surface area contributed by atoms with Crippen molar-refractivity contribution in [2.75, 3.05) is 0 Å². The second kappa shape index (κ2) is 9.55. The van der Waals surface area contributed by atoms with Crippen LogP contribution in [-0.2, 0) is 6.22 Å². The molecule has 0 radical (unpaired) electrons.